The van der Waals surface area contributed by atoms with Crippen molar-refractivity contribution < 1.29 is 4.74 Å². The first kappa shape index (κ1) is 15.1. The second-order valence-corrected chi connectivity index (χ2v) is 6.11. The molecule has 5 nitrogen and oxygen atoms in total. The Bertz CT molecular complexity index is 750. The minimum Gasteiger partial charge on any atom is -0.383 e. The number of aromatic nitrogens is 4. The van der Waals surface area contributed by atoms with Gasteiger partial charge in [-0.2, -0.15) is 0 Å². The zero-order valence-electron chi connectivity index (χ0n) is 12.9. The minimum absolute atomic E-state index is 0.646. The van der Waals surface area contributed by atoms with Crippen molar-refractivity contribution >= 4 is 22.7 Å². The van der Waals surface area contributed by atoms with Crippen molar-refractivity contribution in [2.75, 3.05) is 19.5 Å². The minimum atomic E-state index is 0.646. The Balaban J connectivity index is 2.03. The highest BCUT2D eigenvalue weighted by Crippen LogP contribution is 2.30. The number of rotatable bonds is 7. The molecule has 22 heavy (non-hydrogen) atoms. The van der Waals surface area contributed by atoms with Crippen LogP contribution in [0.25, 0.3) is 22.3 Å². The summed E-state index contributed by atoms with van der Waals surface area (Å²) in [5.74, 6) is 1.94. The first-order chi connectivity index (χ1) is 10.8. The lowest BCUT2D eigenvalue weighted by atomic mass is 10.1. The van der Waals surface area contributed by atoms with Gasteiger partial charge >= 0.3 is 0 Å². The highest BCUT2D eigenvalue weighted by Gasteiger charge is 2.16. The highest BCUT2D eigenvalue weighted by atomic mass is 32.2. The second kappa shape index (κ2) is 6.98. The van der Waals surface area contributed by atoms with Crippen LogP contribution in [0.4, 0.5) is 0 Å². The summed E-state index contributed by atoms with van der Waals surface area (Å²) in [4.78, 5) is 3.30. The molecule has 2 heterocycles. The van der Waals surface area contributed by atoms with Crippen LogP contribution in [0, 0.1) is 0 Å². The number of para-hydroxylation sites is 1. The van der Waals surface area contributed by atoms with Crippen molar-refractivity contribution in [3.63, 3.8) is 0 Å². The first-order valence-electron chi connectivity index (χ1n) is 7.46. The van der Waals surface area contributed by atoms with E-state index in [1.165, 1.54) is 5.39 Å². The van der Waals surface area contributed by atoms with Crippen LogP contribution in [0.15, 0.2) is 35.6 Å². The number of nitrogens with zero attached hydrogens (tertiary/aromatic N) is 3. The Morgan fingerprint density at radius 1 is 1.27 bits per heavy atom. The van der Waals surface area contributed by atoms with Gasteiger partial charge in [0.05, 0.1) is 13.2 Å². The molecule has 0 atom stereocenters. The van der Waals surface area contributed by atoms with Crippen LogP contribution in [0.2, 0.25) is 0 Å². The number of H-pyrrole nitrogens is 1. The van der Waals surface area contributed by atoms with E-state index in [9.17, 15) is 0 Å². The lowest BCUT2D eigenvalue weighted by molar-refractivity contribution is 0.185. The highest BCUT2D eigenvalue weighted by molar-refractivity contribution is 7.99. The quantitative estimate of drug-likeness (QED) is 0.677. The molecule has 0 aliphatic carbocycles. The summed E-state index contributed by atoms with van der Waals surface area (Å²) >= 11 is 1.74. The summed E-state index contributed by atoms with van der Waals surface area (Å²) in [6.45, 7) is 3.57. The molecule has 0 aliphatic heterocycles. The predicted molar refractivity (Wildman–Crippen MR) is 90.2 cm³/mol. The Labute approximate surface area is 134 Å². The normalized spacial score (nSPS) is 11.4. The maximum absolute atomic E-state index is 5.24. The van der Waals surface area contributed by atoms with Gasteiger partial charge in [-0.05, 0) is 12.5 Å². The van der Waals surface area contributed by atoms with Gasteiger partial charge in [0.1, 0.15) is 0 Å². The van der Waals surface area contributed by atoms with E-state index < -0.39 is 0 Å². The molecule has 3 aromatic rings. The molecule has 0 fully saturated rings. The maximum atomic E-state index is 5.24. The van der Waals surface area contributed by atoms with Crippen LogP contribution in [0.3, 0.4) is 0 Å². The summed E-state index contributed by atoms with van der Waals surface area (Å²) in [5.41, 5.74) is 2.20. The fraction of sp³-hybridized carbons (Fsp3) is 0.375. The maximum Gasteiger partial charge on any atom is 0.191 e. The van der Waals surface area contributed by atoms with Gasteiger partial charge in [-0.15, -0.1) is 10.2 Å². The molecule has 116 valence electrons. The molecular formula is C16H20N4OS. The molecule has 0 saturated heterocycles. The molecule has 0 radical (unpaired) electrons. The zero-order chi connectivity index (χ0) is 15.4. The van der Waals surface area contributed by atoms with E-state index in [-0.39, 0.29) is 0 Å². The molecule has 0 bridgehead atoms. The third kappa shape index (κ3) is 2.89. The molecule has 0 spiro atoms. The topological polar surface area (TPSA) is 55.7 Å². The smallest absolute Gasteiger partial charge is 0.191 e. The van der Waals surface area contributed by atoms with E-state index in [0.717, 1.165) is 40.8 Å². The standard InChI is InChI=1S/C16H20N4OS/c1-3-10-22-16-19-18-15(20(16)8-9-21-2)13-11-17-14-7-5-4-6-12(13)14/h4-7,11,17H,3,8-10H2,1-2H3. The summed E-state index contributed by atoms with van der Waals surface area (Å²) < 4.78 is 7.39. The van der Waals surface area contributed by atoms with Crippen LogP contribution in [-0.2, 0) is 11.3 Å². The molecule has 0 amide bonds. The Kier molecular flexibility index (Phi) is 4.80. The van der Waals surface area contributed by atoms with E-state index in [4.69, 9.17) is 4.74 Å². The van der Waals surface area contributed by atoms with Crippen LogP contribution in [0.5, 0.6) is 0 Å². The molecule has 3 rings (SSSR count). The Morgan fingerprint density at radius 3 is 2.95 bits per heavy atom. The van der Waals surface area contributed by atoms with E-state index >= 15 is 0 Å². The lowest BCUT2D eigenvalue weighted by Gasteiger charge is -2.08. The van der Waals surface area contributed by atoms with Crippen molar-refractivity contribution in [3.05, 3.63) is 30.5 Å². The molecule has 1 N–H and O–H groups in total. The summed E-state index contributed by atoms with van der Waals surface area (Å²) in [5, 5.41) is 10.9. The lowest BCUT2D eigenvalue weighted by Crippen LogP contribution is -2.07. The number of thioether (sulfide) groups is 1. The van der Waals surface area contributed by atoms with Gasteiger partial charge in [-0.25, -0.2) is 0 Å². The van der Waals surface area contributed by atoms with Crippen molar-refractivity contribution in [2.24, 2.45) is 0 Å². The van der Waals surface area contributed by atoms with Crippen LogP contribution >= 0.6 is 11.8 Å². The molecule has 0 saturated carbocycles. The third-order valence-corrected chi connectivity index (χ3v) is 4.67. The van der Waals surface area contributed by atoms with Gasteiger partial charge in [0.15, 0.2) is 11.0 Å². The number of ether oxygens (including phenoxy) is 1. The monoisotopic (exact) mass is 316 g/mol. The number of fused-ring (bicyclic) bond motifs is 1. The number of hydrogen-bond acceptors (Lipinski definition) is 4. The molecule has 2 aromatic heterocycles. The largest absolute Gasteiger partial charge is 0.383 e. The number of nitrogens with one attached hydrogen (secondary N) is 1. The van der Waals surface area contributed by atoms with Crippen LogP contribution in [-0.4, -0.2) is 39.2 Å². The Morgan fingerprint density at radius 2 is 2.14 bits per heavy atom. The number of aromatic amines is 1. The predicted octanol–water partition coefficient (Wildman–Crippen LogP) is 3.57. The number of hydrogen-bond donors (Lipinski definition) is 1. The summed E-state index contributed by atoms with van der Waals surface area (Å²) in [6.07, 6.45) is 3.12. The van der Waals surface area contributed by atoms with Gasteiger partial charge in [0.25, 0.3) is 0 Å². The molecule has 0 aliphatic rings. The number of methoxy groups -OCH3 is 1. The summed E-state index contributed by atoms with van der Waals surface area (Å²) in [7, 11) is 1.72. The Hall–Kier alpha value is -1.79. The van der Waals surface area contributed by atoms with Gasteiger partial charge in [0.2, 0.25) is 0 Å². The van der Waals surface area contributed by atoms with E-state index in [1.807, 2.05) is 18.3 Å². The van der Waals surface area contributed by atoms with E-state index in [1.54, 1.807) is 18.9 Å². The average Bonchev–Trinajstić information content (AvgIpc) is 3.14. The van der Waals surface area contributed by atoms with Gasteiger partial charge in [-0.3, -0.25) is 4.57 Å². The zero-order valence-corrected chi connectivity index (χ0v) is 13.7. The summed E-state index contributed by atoms with van der Waals surface area (Å²) in [6, 6.07) is 8.25. The first-order valence-corrected chi connectivity index (χ1v) is 8.45. The molecule has 1 aromatic carbocycles. The third-order valence-electron chi connectivity index (χ3n) is 3.50. The molecule has 6 heteroatoms. The average molecular weight is 316 g/mol. The second-order valence-electron chi connectivity index (χ2n) is 5.05. The van der Waals surface area contributed by atoms with Gasteiger partial charge in [0, 0.05) is 35.5 Å². The van der Waals surface area contributed by atoms with Gasteiger partial charge < -0.3 is 9.72 Å². The van der Waals surface area contributed by atoms with Crippen molar-refractivity contribution in [1.29, 1.82) is 0 Å². The van der Waals surface area contributed by atoms with Crippen molar-refractivity contribution in [1.82, 2.24) is 19.7 Å². The van der Waals surface area contributed by atoms with Crippen molar-refractivity contribution in [2.45, 2.75) is 25.0 Å². The van der Waals surface area contributed by atoms with Gasteiger partial charge in [-0.1, -0.05) is 36.9 Å². The molecule has 0 unspecified atom stereocenters. The van der Waals surface area contributed by atoms with Crippen LogP contribution < -0.4 is 0 Å². The SMILES string of the molecule is CCCSc1nnc(-c2c[nH]c3ccccc23)n1CCOC. The van der Waals surface area contributed by atoms with E-state index in [2.05, 4.69) is 38.8 Å². The number of benzene rings is 1. The molecular weight excluding hydrogens is 296 g/mol. The van der Waals surface area contributed by atoms with Crippen LogP contribution in [0.1, 0.15) is 13.3 Å². The van der Waals surface area contributed by atoms with Crippen molar-refractivity contribution in [3.8, 4) is 11.4 Å². The fourth-order valence-electron chi connectivity index (χ4n) is 2.43. The fourth-order valence-corrected chi connectivity index (χ4v) is 3.25. The van der Waals surface area contributed by atoms with E-state index in [0.29, 0.717) is 6.61 Å².